The minimum atomic E-state index is -0.475. The highest BCUT2D eigenvalue weighted by molar-refractivity contribution is 5.92. The number of rotatable bonds is 4. The normalized spacial score (nSPS) is 14.9. The number of para-hydroxylation sites is 1. The fourth-order valence-corrected chi connectivity index (χ4v) is 3.61. The van der Waals surface area contributed by atoms with Crippen LogP contribution in [0, 0.1) is 18.7 Å². The molecule has 1 aliphatic heterocycles. The number of carbonyl (C=O) groups excluding carboxylic acids is 1. The van der Waals surface area contributed by atoms with Crippen LogP contribution in [0.1, 0.15) is 34.8 Å². The van der Waals surface area contributed by atoms with Crippen molar-refractivity contribution in [2.45, 2.75) is 26.2 Å². The second kappa shape index (κ2) is 7.94. The Kier molecular flexibility index (Phi) is 5.20. The lowest BCUT2D eigenvalue weighted by molar-refractivity contribution is 0.0683. The van der Waals surface area contributed by atoms with E-state index in [-0.39, 0.29) is 17.5 Å². The molecule has 3 heterocycles. The standard InChI is InChI=1S/C20H21FN6O2/c1-13-11-23-16(12-22-13)19(28)26-8-6-14(7-9-26)10-18-24-25-20(29)27(18)17-5-3-2-4-15(17)21/h2-5,11-12,14H,6-10H2,1H3,(H,25,29). The zero-order valence-corrected chi connectivity index (χ0v) is 16.0. The van der Waals surface area contributed by atoms with E-state index in [1.165, 1.54) is 16.8 Å². The van der Waals surface area contributed by atoms with Crippen LogP contribution in [-0.2, 0) is 6.42 Å². The number of amides is 1. The molecule has 4 rings (SSSR count). The molecular weight excluding hydrogens is 375 g/mol. The third-order valence-electron chi connectivity index (χ3n) is 5.21. The number of H-pyrrole nitrogens is 1. The second-order valence-electron chi connectivity index (χ2n) is 7.21. The first-order valence-electron chi connectivity index (χ1n) is 9.52. The summed E-state index contributed by atoms with van der Waals surface area (Å²) in [6, 6.07) is 6.13. The van der Waals surface area contributed by atoms with E-state index in [0.717, 1.165) is 18.5 Å². The monoisotopic (exact) mass is 396 g/mol. The molecule has 0 unspecified atom stereocenters. The maximum absolute atomic E-state index is 14.2. The Bertz CT molecular complexity index is 1070. The lowest BCUT2D eigenvalue weighted by Crippen LogP contribution is -2.39. The molecule has 1 amide bonds. The highest BCUT2D eigenvalue weighted by Crippen LogP contribution is 2.23. The van der Waals surface area contributed by atoms with Crippen LogP contribution in [0.25, 0.3) is 5.69 Å². The van der Waals surface area contributed by atoms with Crippen LogP contribution in [0.3, 0.4) is 0 Å². The highest BCUT2D eigenvalue weighted by atomic mass is 19.1. The van der Waals surface area contributed by atoms with Gasteiger partial charge in [-0.05, 0) is 37.8 Å². The van der Waals surface area contributed by atoms with Crippen molar-refractivity contribution in [2.24, 2.45) is 5.92 Å². The molecule has 1 N–H and O–H groups in total. The number of aryl methyl sites for hydroxylation is 1. The van der Waals surface area contributed by atoms with Gasteiger partial charge in [0.15, 0.2) is 0 Å². The Morgan fingerprint density at radius 2 is 1.97 bits per heavy atom. The minimum Gasteiger partial charge on any atom is -0.337 e. The number of nitrogens with one attached hydrogen (secondary N) is 1. The van der Waals surface area contributed by atoms with E-state index >= 15 is 0 Å². The van der Waals surface area contributed by atoms with Gasteiger partial charge in [0.2, 0.25) is 0 Å². The van der Waals surface area contributed by atoms with E-state index in [4.69, 9.17) is 0 Å². The first-order chi connectivity index (χ1) is 14.0. The molecule has 0 bridgehead atoms. The minimum absolute atomic E-state index is 0.126. The average Bonchev–Trinajstić information content (AvgIpc) is 3.09. The molecule has 1 aliphatic rings. The molecule has 29 heavy (non-hydrogen) atoms. The zero-order chi connectivity index (χ0) is 20.4. The highest BCUT2D eigenvalue weighted by Gasteiger charge is 2.26. The van der Waals surface area contributed by atoms with Crippen molar-refractivity contribution in [3.8, 4) is 5.69 Å². The van der Waals surface area contributed by atoms with Gasteiger partial charge in [-0.25, -0.2) is 23.8 Å². The molecule has 0 radical (unpaired) electrons. The van der Waals surface area contributed by atoms with E-state index in [0.29, 0.717) is 31.0 Å². The van der Waals surface area contributed by atoms with Gasteiger partial charge in [-0.2, -0.15) is 5.10 Å². The van der Waals surface area contributed by atoms with Gasteiger partial charge < -0.3 is 4.90 Å². The number of hydrogen-bond donors (Lipinski definition) is 1. The largest absolute Gasteiger partial charge is 0.348 e. The van der Waals surface area contributed by atoms with Crippen molar-refractivity contribution in [1.29, 1.82) is 0 Å². The van der Waals surface area contributed by atoms with Gasteiger partial charge in [0.25, 0.3) is 5.91 Å². The van der Waals surface area contributed by atoms with Crippen molar-refractivity contribution in [3.05, 3.63) is 70.2 Å². The number of benzene rings is 1. The molecule has 0 saturated carbocycles. The lowest BCUT2D eigenvalue weighted by Gasteiger charge is -2.31. The van der Waals surface area contributed by atoms with Crippen LogP contribution in [0.2, 0.25) is 0 Å². The number of carbonyl (C=O) groups is 1. The smallest absolute Gasteiger partial charge is 0.337 e. The Morgan fingerprint density at radius 3 is 2.66 bits per heavy atom. The van der Waals surface area contributed by atoms with Gasteiger partial charge in [0.1, 0.15) is 17.3 Å². The molecule has 0 spiro atoms. The summed E-state index contributed by atoms with van der Waals surface area (Å²) in [5.41, 5.74) is 0.831. The molecule has 1 saturated heterocycles. The van der Waals surface area contributed by atoms with Crippen LogP contribution in [0.15, 0.2) is 41.5 Å². The SMILES string of the molecule is Cc1cnc(C(=O)N2CCC(Cc3n[nH]c(=O)n3-c3ccccc3F)CC2)cn1. The average molecular weight is 396 g/mol. The Labute approximate surface area is 166 Å². The predicted octanol–water partition coefficient (Wildman–Crippen LogP) is 1.89. The molecule has 0 aliphatic carbocycles. The van der Waals surface area contributed by atoms with E-state index in [2.05, 4.69) is 20.2 Å². The van der Waals surface area contributed by atoms with E-state index in [1.807, 2.05) is 6.92 Å². The number of aromatic nitrogens is 5. The third kappa shape index (κ3) is 3.94. The Balaban J connectivity index is 1.43. The van der Waals surface area contributed by atoms with Gasteiger partial charge in [0.05, 0.1) is 17.6 Å². The summed E-state index contributed by atoms with van der Waals surface area (Å²) >= 11 is 0. The first-order valence-corrected chi connectivity index (χ1v) is 9.52. The van der Waals surface area contributed by atoms with Gasteiger partial charge in [-0.1, -0.05) is 12.1 Å². The molecule has 3 aromatic rings. The molecule has 8 nitrogen and oxygen atoms in total. The number of piperidine rings is 1. The summed E-state index contributed by atoms with van der Waals surface area (Å²) in [6.07, 6.45) is 5.15. The Hall–Kier alpha value is -3.36. The first kappa shape index (κ1) is 19.0. The van der Waals surface area contributed by atoms with Crippen molar-refractivity contribution < 1.29 is 9.18 Å². The zero-order valence-electron chi connectivity index (χ0n) is 16.0. The van der Waals surface area contributed by atoms with Crippen LogP contribution in [0.5, 0.6) is 0 Å². The Morgan fingerprint density at radius 1 is 1.21 bits per heavy atom. The molecule has 2 aromatic heterocycles. The predicted molar refractivity (Wildman–Crippen MR) is 103 cm³/mol. The quantitative estimate of drug-likeness (QED) is 0.726. The van der Waals surface area contributed by atoms with Crippen molar-refractivity contribution in [3.63, 3.8) is 0 Å². The van der Waals surface area contributed by atoms with E-state index in [1.54, 1.807) is 29.3 Å². The third-order valence-corrected chi connectivity index (χ3v) is 5.21. The topological polar surface area (TPSA) is 96.8 Å². The van der Waals surface area contributed by atoms with Crippen LogP contribution < -0.4 is 5.69 Å². The fraction of sp³-hybridized carbons (Fsp3) is 0.350. The maximum atomic E-state index is 14.2. The number of hydrogen-bond acceptors (Lipinski definition) is 5. The molecule has 9 heteroatoms. The van der Waals surface area contributed by atoms with Crippen LogP contribution in [-0.4, -0.2) is 48.6 Å². The summed E-state index contributed by atoms with van der Waals surface area (Å²) in [5.74, 6) is 0.133. The van der Waals surface area contributed by atoms with Gasteiger partial charge in [-0.3, -0.25) is 9.78 Å². The van der Waals surface area contributed by atoms with E-state index in [9.17, 15) is 14.0 Å². The summed E-state index contributed by atoms with van der Waals surface area (Å²) in [5, 5.41) is 6.51. The molecule has 0 atom stereocenters. The number of aromatic amines is 1. The van der Waals surface area contributed by atoms with Crippen molar-refractivity contribution >= 4 is 5.91 Å². The van der Waals surface area contributed by atoms with Gasteiger partial charge >= 0.3 is 5.69 Å². The number of nitrogens with zero attached hydrogens (tertiary/aromatic N) is 5. The maximum Gasteiger partial charge on any atom is 0.348 e. The number of likely N-dealkylation sites (tertiary alicyclic amines) is 1. The van der Waals surface area contributed by atoms with Gasteiger partial charge in [0, 0.05) is 25.7 Å². The fourth-order valence-electron chi connectivity index (χ4n) is 3.61. The van der Waals surface area contributed by atoms with Crippen molar-refractivity contribution in [1.82, 2.24) is 29.6 Å². The summed E-state index contributed by atoms with van der Waals surface area (Å²) < 4.78 is 15.4. The molecule has 1 aromatic carbocycles. The van der Waals surface area contributed by atoms with E-state index < -0.39 is 11.5 Å². The second-order valence-corrected chi connectivity index (χ2v) is 7.21. The lowest BCUT2D eigenvalue weighted by atomic mass is 9.93. The van der Waals surface area contributed by atoms with Crippen molar-refractivity contribution in [2.75, 3.05) is 13.1 Å². The molecular formula is C20H21FN6O2. The molecule has 1 fully saturated rings. The summed E-state index contributed by atoms with van der Waals surface area (Å²) in [4.78, 5) is 34.8. The number of halogens is 1. The summed E-state index contributed by atoms with van der Waals surface area (Å²) in [7, 11) is 0. The van der Waals surface area contributed by atoms with Gasteiger partial charge in [-0.15, -0.1) is 0 Å². The summed E-state index contributed by atoms with van der Waals surface area (Å²) in [6.45, 7) is 3.00. The van der Waals surface area contributed by atoms with Crippen LogP contribution >= 0.6 is 0 Å². The van der Waals surface area contributed by atoms with Crippen LogP contribution in [0.4, 0.5) is 4.39 Å². The molecule has 150 valence electrons.